The topological polar surface area (TPSA) is 82.5 Å². The van der Waals surface area contributed by atoms with Gasteiger partial charge in [0, 0.05) is 12.6 Å². The van der Waals surface area contributed by atoms with E-state index in [9.17, 15) is 9.59 Å². The van der Waals surface area contributed by atoms with Crippen LogP contribution in [0, 0.1) is 17.3 Å². The van der Waals surface area contributed by atoms with E-state index in [1.54, 1.807) is 6.20 Å². The van der Waals surface area contributed by atoms with Gasteiger partial charge < -0.3 is 10.0 Å². The summed E-state index contributed by atoms with van der Waals surface area (Å²) in [7, 11) is 0. The standard InChI is InChI=1S/C21H35N3O3S2/c1-14(2)10-11-24(16-8-6-15(7-9-16)21(3,4)5)20(27)23-19-22-12-18(29-19)28-13-17(25)26/h12,14-16H,6-11,13H2,1-5H3,(H,25,26)(H,22,23,27). The number of aliphatic carboxylic acids is 1. The molecule has 0 atom stereocenters. The summed E-state index contributed by atoms with van der Waals surface area (Å²) in [6, 6.07) is 0.183. The maximum atomic E-state index is 13.1. The molecule has 1 fully saturated rings. The lowest BCUT2D eigenvalue weighted by Crippen LogP contribution is -2.46. The number of urea groups is 1. The number of carboxylic acid groups (broad SMARTS) is 1. The Morgan fingerprint density at radius 3 is 2.52 bits per heavy atom. The van der Waals surface area contributed by atoms with Crippen LogP contribution in [0.4, 0.5) is 9.93 Å². The molecule has 1 aliphatic rings. The molecule has 1 saturated carbocycles. The molecule has 2 N–H and O–H groups in total. The second-order valence-corrected chi connectivity index (χ2v) is 11.7. The quantitative estimate of drug-likeness (QED) is 0.498. The SMILES string of the molecule is CC(C)CCN(C(=O)Nc1ncc(SCC(=O)O)s1)C1CCC(C(C)(C)C)CC1. The second kappa shape index (κ2) is 10.7. The second-order valence-electron chi connectivity index (χ2n) is 9.34. The highest BCUT2D eigenvalue weighted by Gasteiger charge is 2.33. The monoisotopic (exact) mass is 441 g/mol. The number of hydrogen-bond acceptors (Lipinski definition) is 5. The van der Waals surface area contributed by atoms with Crippen molar-refractivity contribution < 1.29 is 14.7 Å². The van der Waals surface area contributed by atoms with E-state index in [1.165, 1.54) is 23.1 Å². The number of nitrogens with zero attached hydrogens (tertiary/aromatic N) is 2. The third kappa shape index (κ3) is 7.81. The first-order valence-electron chi connectivity index (χ1n) is 10.4. The Labute approximate surface area is 182 Å². The van der Waals surface area contributed by atoms with E-state index in [0.717, 1.165) is 42.9 Å². The van der Waals surface area contributed by atoms with Crippen LogP contribution < -0.4 is 5.32 Å². The summed E-state index contributed by atoms with van der Waals surface area (Å²) in [5, 5.41) is 12.3. The highest BCUT2D eigenvalue weighted by Crippen LogP contribution is 2.39. The molecule has 1 aromatic heterocycles. The Morgan fingerprint density at radius 2 is 1.97 bits per heavy atom. The van der Waals surface area contributed by atoms with Crippen molar-refractivity contribution in [3.8, 4) is 0 Å². The van der Waals surface area contributed by atoms with E-state index >= 15 is 0 Å². The molecule has 0 aromatic carbocycles. The maximum Gasteiger partial charge on any atom is 0.323 e. The van der Waals surface area contributed by atoms with Crippen LogP contribution in [0.15, 0.2) is 10.4 Å². The average molecular weight is 442 g/mol. The fourth-order valence-corrected chi connectivity index (χ4v) is 5.36. The minimum absolute atomic E-state index is 0.00683. The highest BCUT2D eigenvalue weighted by molar-refractivity contribution is 8.01. The lowest BCUT2D eigenvalue weighted by molar-refractivity contribution is -0.133. The van der Waals surface area contributed by atoms with Gasteiger partial charge >= 0.3 is 12.0 Å². The van der Waals surface area contributed by atoms with Crippen molar-refractivity contribution in [3.05, 3.63) is 6.20 Å². The van der Waals surface area contributed by atoms with Crippen LogP contribution in [0.1, 0.15) is 66.7 Å². The van der Waals surface area contributed by atoms with Gasteiger partial charge in [0.15, 0.2) is 5.13 Å². The van der Waals surface area contributed by atoms with Gasteiger partial charge in [0.1, 0.15) is 0 Å². The molecule has 0 aliphatic heterocycles. The van der Waals surface area contributed by atoms with E-state index in [1.807, 2.05) is 4.90 Å². The molecule has 0 spiro atoms. The number of amides is 2. The third-order valence-electron chi connectivity index (χ3n) is 5.61. The molecule has 0 radical (unpaired) electrons. The summed E-state index contributed by atoms with van der Waals surface area (Å²) in [4.78, 5) is 30.0. The summed E-state index contributed by atoms with van der Waals surface area (Å²) in [6.45, 7) is 12.0. The van der Waals surface area contributed by atoms with E-state index in [0.29, 0.717) is 22.4 Å². The summed E-state index contributed by atoms with van der Waals surface area (Å²) in [6.07, 6.45) is 7.01. The first kappa shape index (κ1) is 24.0. The highest BCUT2D eigenvalue weighted by atomic mass is 32.2. The number of carbonyl (C=O) groups excluding carboxylic acids is 1. The zero-order chi connectivity index (χ0) is 21.6. The van der Waals surface area contributed by atoms with Gasteiger partial charge in [-0.3, -0.25) is 10.1 Å². The molecule has 0 unspecified atom stereocenters. The molecular formula is C21H35N3O3S2. The minimum atomic E-state index is -0.861. The fourth-order valence-electron chi connectivity index (χ4n) is 3.78. The Morgan fingerprint density at radius 1 is 1.31 bits per heavy atom. The summed E-state index contributed by atoms with van der Waals surface area (Å²) >= 11 is 2.55. The number of anilines is 1. The van der Waals surface area contributed by atoms with Gasteiger partial charge in [0.25, 0.3) is 0 Å². The van der Waals surface area contributed by atoms with Crippen molar-refractivity contribution in [3.63, 3.8) is 0 Å². The summed E-state index contributed by atoms with van der Waals surface area (Å²) < 4.78 is 0.794. The number of nitrogens with one attached hydrogen (secondary N) is 1. The smallest absolute Gasteiger partial charge is 0.323 e. The number of hydrogen-bond donors (Lipinski definition) is 2. The molecule has 6 nitrogen and oxygen atoms in total. The average Bonchev–Trinajstić information content (AvgIpc) is 3.07. The zero-order valence-corrected chi connectivity index (χ0v) is 19.9. The Kier molecular flexibility index (Phi) is 8.82. The molecule has 2 rings (SSSR count). The van der Waals surface area contributed by atoms with Gasteiger partial charge in [-0.05, 0) is 49.4 Å². The molecule has 0 bridgehead atoms. The third-order valence-corrected chi connectivity index (χ3v) is 7.70. The van der Waals surface area contributed by atoms with E-state index in [4.69, 9.17) is 5.11 Å². The number of thiazole rings is 1. The largest absolute Gasteiger partial charge is 0.481 e. The number of aromatic nitrogens is 1. The Hall–Kier alpha value is -1.28. The van der Waals surface area contributed by atoms with Crippen LogP contribution in [0.5, 0.6) is 0 Å². The summed E-state index contributed by atoms with van der Waals surface area (Å²) in [5.74, 6) is 0.379. The van der Waals surface area contributed by atoms with E-state index < -0.39 is 5.97 Å². The molecule has 164 valence electrons. The van der Waals surface area contributed by atoms with Crippen LogP contribution in [0.25, 0.3) is 0 Å². The molecule has 29 heavy (non-hydrogen) atoms. The van der Waals surface area contributed by atoms with Crippen molar-refractivity contribution in [2.45, 2.75) is 77.0 Å². The Balaban J connectivity index is 2.00. The zero-order valence-electron chi connectivity index (χ0n) is 18.2. The molecule has 0 saturated heterocycles. The van der Waals surface area contributed by atoms with Gasteiger partial charge in [-0.25, -0.2) is 9.78 Å². The van der Waals surface area contributed by atoms with Crippen LogP contribution in [0.2, 0.25) is 0 Å². The van der Waals surface area contributed by atoms with Crippen molar-refractivity contribution in [1.29, 1.82) is 0 Å². The van der Waals surface area contributed by atoms with Crippen LogP contribution >= 0.6 is 23.1 Å². The molecule has 1 heterocycles. The number of thioether (sulfide) groups is 1. The molecule has 2 amide bonds. The maximum absolute atomic E-state index is 13.1. The van der Waals surface area contributed by atoms with Gasteiger partial charge in [-0.15, -0.1) is 11.8 Å². The predicted molar refractivity (Wildman–Crippen MR) is 121 cm³/mol. The normalized spacial score (nSPS) is 19.9. The van der Waals surface area contributed by atoms with Crippen molar-refractivity contribution in [1.82, 2.24) is 9.88 Å². The lowest BCUT2D eigenvalue weighted by Gasteiger charge is -2.41. The first-order valence-corrected chi connectivity index (χ1v) is 12.2. The molecule has 8 heteroatoms. The van der Waals surface area contributed by atoms with E-state index in [-0.39, 0.29) is 17.8 Å². The van der Waals surface area contributed by atoms with Crippen LogP contribution in [-0.4, -0.2) is 45.3 Å². The first-order chi connectivity index (χ1) is 13.6. The van der Waals surface area contributed by atoms with Crippen LogP contribution in [0.3, 0.4) is 0 Å². The molecular weight excluding hydrogens is 406 g/mol. The minimum Gasteiger partial charge on any atom is -0.481 e. The van der Waals surface area contributed by atoms with E-state index in [2.05, 4.69) is 44.9 Å². The van der Waals surface area contributed by atoms with Gasteiger partial charge in [0.05, 0.1) is 16.2 Å². The van der Waals surface area contributed by atoms with Gasteiger partial charge in [-0.2, -0.15) is 0 Å². The number of carboxylic acids is 1. The predicted octanol–water partition coefficient (Wildman–Crippen LogP) is 5.80. The van der Waals surface area contributed by atoms with Crippen LogP contribution in [-0.2, 0) is 4.79 Å². The summed E-state index contributed by atoms with van der Waals surface area (Å²) in [5.41, 5.74) is 0.320. The van der Waals surface area contributed by atoms with Crippen molar-refractivity contribution in [2.75, 3.05) is 17.6 Å². The Bertz CT molecular complexity index is 677. The van der Waals surface area contributed by atoms with Gasteiger partial charge in [-0.1, -0.05) is 46.0 Å². The van der Waals surface area contributed by atoms with Crippen molar-refractivity contribution in [2.24, 2.45) is 17.3 Å². The van der Waals surface area contributed by atoms with Gasteiger partial charge in [0.2, 0.25) is 0 Å². The van der Waals surface area contributed by atoms with Crippen molar-refractivity contribution >= 4 is 40.2 Å². The number of carbonyl (C=O) groups is 2. The number of rotatable bonds is 8. The lowest BCUT2D eigenvalue weighted by atomic mass is 9.71. The molecule has 1 aromatic rings. The molecule has 1 aliphatic carbocycles. The fraction of sp³-hybridized carbons (Fsp3) is 0.762.